The molecule has 1 aliphatic rings. The zero-order chi connectivity index (χ0) is 20.6. The molecule has 152 valence electrons. The predicted molar refractivity (Wildman–Crippen MR) is 113 cm³/mol. The van der Waals surface area contributed by atoms with Crippen molar-refractivity contribution < 1.29 is 14.3 Å². The molecule has 29 heavy (non-hydrogen) atoms. The summed E-state index contributed by atoms with van der Waals surface area (Å²) in [4.78, 5) is 26.9. The molecule has 0 spiro atoms. The van der Waals surface area contributed by atoms with Gasteiger partial charge in [-0.05, 0) is 24.2 Å². The molecule has 1 N–H and O–H groups in total. The summed E-state index contributed by atoms with van der Waals surface area (Å²) < 4.78 is 5.25. The van der Waals surface area contributed by atoms with E-state index in [2.05, 4.69) is 10.4 Å². The monoisotopic (exact) mass is 394 g/mol. The van der Waals surface area contributed by atoms with E-state index in [0.717, 1.165) is 17.7 Å². The zero-order valence-electron chi connectivity index (χ0n) is 16.8. The molecule has 0 aromatic heterocycles. The van der Waals surface area contributed by atoms with E-state index in [1.807, 2.05) is 49.4 Å². The topological polar surface area (TPSA) is 74.2 Å². The lowest BCUT2D eigenvalue weighted by atomic mass is 10.1. The first kappa shape index (κ1) is 20.5. The molecule has 0 saturated heterocycles. The van der Waals surface area contributed by atoms with E-state index in [-0.39, 0.29) is 24.9 Å². The van der Waals surface area contributed by atoms with Crippen molar-refractivity contribution in [2.45, 2.75) is 13.3 Å². The van der Waals surface area contributed by atoms with Crippen molar-refractivity contribution in [3.63, 3.8) is 0 Å². The standard InChI is InChI=1S/C22H26N4O3/c1-3-25(15-21(27)23-19-11-7-8-12-20(19)29-2)16-22(28)26-14-13-18(24-26)17-9-5-4-6-10-17/h4-12H,3,13-16H2,1-2H3,(H,23,27). The van der Waals surface area contributed by atoms with Crippen molar-refractivity contribution in [3.05, 3.63) is 60.2 Å². The lowest BCUT2D eigenvalue weighted by Gasteiger charge is -2.21. The van der Waals surface area contributed by atoms with Gasteiger partial charge in [-0.25, -0.2) is 5.01 Å². The van der Waals surface area contributed by atoms with Crippen LogP contribution in [0.15, 0.2) is 59.7 Å². The highest BCUT2D eigenvalue weighted by atomic mass is 16.5. The number of hydrogen-bond donors (Lipinski definition) is 1. The number of likely N-dealkylation sites (N-methyl/N-ethyl adjacent to an activating group) is 1. The molecule has 7 nitrogen and oxygen atoms in total. The van der Waals surface area contributed by atoms with Crippen LogP contribution in [-0.4, -0.2) is 60.7 Å². The van der Waals surface area contributed by atoms with Crippen molar-refractivity contribution in [1.29, 1.82) is 0 Å². The molecule has 0 saturated carbocycles. The fraction of sp³-hybridized carbons (Fsp3) is 0.318. The Hall–Kier alpha value is -3.19. The SMILES string of the molecule is CCN(CC(=O)Nc1ccccc1OC)CC(=O)N1CCC(c2ccccc2)=N1. The maximum Gasteiger partial charge on any atom is 0.256 e. The van der Waals surface area contributed by atoms with E-state index in [4.69, 9.17) is 4.74 Å². The van der Waals surface area contributed by atoms with Gasteiger partial charge in [0.25, 0.3) is 5.91 Å². The molecule has 1 aliphatic heterocycles. The van der Waals surface area contributed by atoms with Gasteiger partial charge in [-0.1, -0.05) is 49.4 Å². The van der Waals surface area contributed by atoms with Crippen LogP contribution in [0.25, 0.3) is 0 Å². The van der Waals surface area contributed by atoms with E-state index >= 15 is 0 Å². The first-order valence-electron chi connectivity index (χ1n) is 9.69. The number of amides is 2. The number of hydrogen-bond acceptors (Lipinski definition) is 5. The minimum Gasteiger partial charge on any atom is -0.495 e. The summed E-state index contributed by atoms with van der Waals surface area (Å²) in [5, 5.41) is 8.81. The third-order valence-electron chi connectivity index (χ3n) is 4.75. The van der Waals surface area contributed by atoms with Gasteiger partial charge >= 0.3 is 0 Å². The molecule has 0 fully saturated rings. The predicted octanol–water partition coefficient (Wildman–Crippen LogP) is 2.59. The number of para-hydroxylation sites is 2. The molecule has 0 atom stereocenters. The van der Waals surface area contributed by atoms with Gasteiger partial charge in [0, 0.05) is 6.42 Å². The van der Waals surface area contributed by atoms with Crippen molar-refractivity contribution in [2.75, 3.05) is 38.6 Å². The van der Waals surface area contributed by atoms with Gasteiger partial charge in [0.15, 0.2) is 0 Å². The fourth-order valence-corrected chi connectivity index (χ4v) is 3.16. The fourth-order valence-electron chi connectivity index (χ4n) is 3.16. The second-order valence-corrected chi connectivity index (χ2v) is 6.73. The number of nitrogens with one attached hydrogen (secondary N) is 1. The molecule has 2 aromatic rings. The maximum absolute atomic E-state index is 12.7. The highest BCUT2D eigenvalue weighted by molar-refractivity contribution is 6.02. The maximum atomic E-state index is 12.7. The number of nitrogens with zero attached hydrogens (tertiary/aromatic N) is 3. The third-order valence-corrected chi connectivity index (χ3v) is 4.75. The average molecular weight is 394 g/mol. The van der Waals surface area contributed by atoms with Crippen LogP contribution in [0, 0.1) is 0 Å². The number of anilines is 1. The Kier molecular flexibility index (Phi) is 6.97. The van der Waals surface area contributed by atoms with E-state index in [1.54, 1.807) is 24.1 Å². The minimum absolute atomic E-state index is 0.108. The largest absolute Gasteiger partial charge is 0.495 e. The molecule has 3 rings (SSSR count). The van der Waals surface area contributed by atoms with E-state index < -0.39 is 0 Å². The number of hydrazone groups is 1. The number of carbonyl (C=O) groups is 2. The normalized spacial score (nSPS) is 13.3. The summed E-state index contributed by atoms with van der Waals surface area (Å²) in [6.07, 6.45) is 0.732. The second kappa shape index (κ2) is 9.84. The van der Waals surface area contributed by atoms with Crippen LogP contribution >= 0.6 is 0 Å². The van der Waals surface area contributed by atoms with Crippen LogP contribution in [0.3, 0.4) is 0 Å². The highest BCUT2D eigenvalue weighted by Gasteiger charge is 2.23. The van der Waals surface area contributed by atoms with Gasteiger partial charge in [0.1, 0.15) is 5.75 Å². The Morgan fingerprint density at radius 1 is 1.10 bits per heavy atom. The Morgan fingerprint density at radius 2 is 1.83 bits per heavy atom. The molecule has 0 aliphatic carbocycles. The van der Waals surface area contributed by atoms with Crippen LogP contribution in [-0.2, 0) is 9.59 Å². The number of carbonyl (C=O) groups excluding carboxylic acids is 2. The Bertz CT molecular complexity index is 883. The summed E-state index contributed by atoms with van der Waals surface area (Å²) in [7, 11) is 1.56. The lowest BCUT2D eigenvalue weighted by molar-refractivity contribution is -0.132. The molecule has 7 heteroatoms. The molecule has 1 heterocycles. The first-order valence-corrected chi connectivity index (χ1v) is 9.69. The quantitative estimate of drug-likeness (QED) is 0.747. The Morgan fingerprint density at radius 3 is 2.55 bits per heavy atom. The van der Waals surface area contributed by atoms with Crippen LogP contribution < -0.4 is 10.1 Å². The summed E-state index contributed by atoms with van der Waals surface area (Å²) in [5.74, 6) is 0.293. The van der Waals surface area contributed by atoms with Crippen molar-refractivity contribution in [3.8, 4) is 5.75 Å². The summed E-state index contributed by atoms with van der Waals surface area (Å²) in [5.41, 5.74) is 2.56. The minimum atomic E-state index is -0.195. The average Bonchev–Trinajstić information content (AvgIpc) is 3.24. The van der Waals surface area contributed by atoms with Gasteiger partial charge in [0.2, 0.25) is 5.91 Å². The third kappa shape index (κ3) is 5.42. The zero-order valence-corrected chi connectivity index (χ0v) is 16.8. The van der Waals surface area contributed by atoms with Crippen LogP contribution in [0.5, 0.6) is 5.75 Å². The van der Waals surface area contributed by atoms with Crippen LogP contribution in [0.2, 0.25) is 0 Å². The molecule has 2 amide bonds. The van der Waals surface area contributed by atoms with E-state index in [0.29, 0.717) is 24.5 Å². The molecule has 0 bridgehead atoms. The van der Waals surface area contributed by atoms with Gasteiger partial charge in [-0.3, -0.25) is 14.5 Å². The van der Waals surface area contributed by atoms with Gasteiger partial charge < -0.3 is 10.1 Å². The summed E-state index contributed by atoms with van der Waals surface area (Å²) >= 11 is 0. The summed E-state index contributed by atoms with van der Waals surface area (Å²) in [6.45, 7) is 3.32. The van der Waals surface area contributed by atoms with E-state index in [1.165, 1.54) is 5.01 Å². The van der Waals surface area contributed by atoms with Gasteiger partial charge in [-0.2, -0.15) is 5.10 Å². The smallest absolute Gasteiger partial charge is 0.256 e. The first-order chi connectivity index (χ1) is 14.1. The van der Waals surface area contributed by atoms with E-state index in [9.17, 15) is 9.59 Å². The number of ether oxygens (including phenoxy) is 1. The Labute approximate surface area is 171 Å². The molecular weight excluding hydrogens is 368 g/mol. The second-order valence-electron chi connectivity index (χ2n) is 6.73. The molecule has 0 radical (unpaired) electrons. The number of benzene rings is 2. The van der Waals surface area contributed by atoms with Crippen LogP contribution in [0.1, 0.15) is 18.9 Å². The molecular formula is C22H26N4O3. The van der Waals surface area contributed by atoms with Crippen molar-refractivity contribution in [2.24, 2.45) is 5.10 Å². The number of methoxy groups -OCH3 is 1. The highest BCUT2D eigenvalue weighted by Crippen LogP contribution is 2.22. The molecule has 2 aromatic carbocycles. The van der Waals surface area contributed by atoms with Gasteiger partial charge in [-0.15, -0.1) is 0 Å². The van der Waals surface area contributed by atoms with Crippen LogP contribution in [0.4, 0.5) is 5.69 Å². The van der Waals surface area contributed by atoms with Crippen molar-refractivity contribution in [1.82, 2.24) is 9.91 Å². The molecule has 0 unspecified atom stereocenters. The Balaban J connectivity index is 1.56. The summed E-state index contributed by atoms with van der Waals surface area (Å²) in [6, 6.07) is 17.1. The lowest BCUT2D eigenvalue weighted by Crippen LogP contribution is -2.41. The number of rotatable bonds is 8. The van der Waals surface area contributed by atoms with Crippen molar-refractivity contribution >= 4 is 23.2 Å². The van der Waals surface area contributed by atoms with Gasteiger partial charge in [0.05, 0.1) is 38.1 Å².